The molecule has 2 aromatic carbocycles. The Labute approximate surface area is 240 Å². The van der Waals surface area contributed by atoms with Crippen LogP contribution in [0.5, 0.6) is 0 Å². The number of nitrogens with zero attached hydrogens (tertiary/aromatic N) is 4. The number of fused-ring (bicyclic) bond motifs is 4. The van der Waals surface area contributed by atoms with Crippen molar-refractivity contribution in [1.29, 1.82) is 0 Å². The first-order chi connectivity index (χ1) is 20.1. The number of hydrogen-bond donors (Lipinski definition) is 2. The van der Waals surface area contributed by atoms with Crippen LogP contribution in [0.25, 0.3) is 10.9 Å². The van der Waals surface area contributed by atoms with E-state index in [1.165, 1.54) is 4.57 Å². The van der Waals surface area contributed by atoms with Gasteiger partial charge in [-0.2, -0.15) is 0 Å². The molecule has 216 valence electrons. The number of carbonyl (C=O) groups excluding carboxylic acids is 5. The summed E-state index contributed by atoms with van der Waals surface area (Å²) in [5.41, 5.74) is 0.414. The molecule has 2 atom stereocenters. The second kappa shape index (κ2) is 10.2. The molecule has 12 heteroatoms. The van der Waals surface area contributed by atoms with Crippen molar-refractivity contribution in [1.82, 2.24) is 19.8 Å². The average molecular weight is 571 g/mol. The SMILES string of the molecule is Cc1nc2cccc(NC(=O)CCCN3C(=O)c4ccccc4N4C(=O)CCC34C)c2c(=O)n1C1CCC(=O)NC1=O. The van der Waals surface area contributed by atoms with Gasteiger partial charge in [0.15, 0.2) is 0 Å². The summed E-state index contributed by atoms with van der Waals surface area (Å²) in [6.45, 7) is 3.76. The number of aromatic nitrogens is 2. The fourth-order valence-corrected chi connectivity index (χ4v) is 6.41. The van der Waals surface area contributed by atoms with Gasteiger partial charge in [0.1, 0.15) is 17.5 Å². The second-order valence-electron chi connectivity index (χ2n) is 11.1. The molecule has 3 aliphatic heterocycles. The Balaban J connectivity index is 1.20. The van der Waals surface area contributed by atoms with Gasteiger partial charge in [-0.05, 0) is 57.4 Å². The number of amides is 5. The topological polar surface area (TPSA) is 151 Å². The van der Waals surface area contributed by atoms with Crippen LogP contribution in [-0.2, 0) is 19.2 Å². The maximum Gasteiger partial charge on any atom is 0.264 e. The first-order valence-corrected chi connectivity index (χ1v) is 14.0. The third-order valence-electron chi connectivity index (χ3n) is 8.43. The largest absolute Gasteiger partial charge is 0.325 e. The highest BCUT2D eigenvalue weighted by Gasteiger charge is 2.52. The van der Waals surface area contributed by atoms with Crippen LogP contribution in [0.3, 0.4) is 0 Å². The number of piperidine rings is 1. The van der Waals surface area contributed by atoms with Crippen molar-refractivity contribution < 1.29 is 24.0 Å². The standard InChI is InChI=1S/C30H30N6O6/c1-17-31-19-8-5-9-20(26(19)29(42)35(17)22-12-13-24(38)33-27(22)40)32-23(37)11-6-16-34-28(41)18-7-3-4-10-21(18)36-25(39)14-15-30(34,36)2/h3-5,7-10,22H,6,11-16H2,1-2H3,(H,32,37)(H,33,38,40). The predicted molar refractivity (Wildman–Crippen MR) is 153 cm³/mol. The normalized spacial score (nSPS) is 21.8. The first-order valence-electron chi connectivity index (χ1n) is 14.0. The van der Waals surface area contributed by atoms with Crippen molar-refractivity contribution in [3.63, 3.8) is 0 Å². The molecule has 6 rings (SSSR count). The van der Waals surface area contributed by atoms with Gasteiger partial charge in [-0.3, -0.25) is 43.6 Å². The minimum absolute atomic E-state index is 0.0389. The van der Waals surface area contributed by atoms with E-state index in [0.29, 0.717) is 41.9 Å². The van der Waals surface area contributed by atoms with E-state index in [1.54, 1.807) is 53.1 Å². The van der Waals surface area contributed by atoms with Gasteiger partial charge in [0.05, 0.1) is 27.8 Å². The zero-order chi connectivity index (χ0) is 29.8. The summed E-state index contributed by atoms with van der Waals surface area (Å²) in [6, 6.07) is 11.1. The Morgan fingerprint density at radius 2 is 1.86 bits per heavy atom. The van der Waals surface area contributed by atoms with Gasteiger partial charge in [-0.1, -0.05) is 18.2 Å². The molecule has 42 heavy (non-hydrogen) atoms. The number of nitrogens with one attached hydrogen (secondary N) is 2. The lowest BCUT2D eigenvalue weighted by atomic mass is 9.98. The van der Waals surface area contributed by atoms with E-state index in [2.05, 4.69) is 15.6 Å². The first kappa shape index (κ1) is 27.3. The number of benzene rings is 2. The predicted octanol–water partition coefficient (Wildman–Crippen LogP) is 2.40. The Bertz CT molecular complexity index is 1750. The van der Waals surface area contributed by atoms with Crippen molar-refractivity contribution in [3.8, 4) is 0 Å². The van der Waals surface area contributed by atoms with Crippen LogP contribution in [-0.4, -0.2) is 56.2 Å². The third kappa shape index (κ3) is 4.34. The minimum atomic E-state index is -0.883. The molecular formula is C30H30N6O6. The molecule has 1 aromatic heterocycles. The van der Waals surface area contributed by atoms with E-state index < -0.39 is 23.2 Å². The van der Waals surface area contributed by atoms with Crippen molar-refractivity contribution in [2.45, 2.75) is 64.1 Å². The maximum atomic E-state index is 13.6. The van der Waals surface area contributed by atoms with Gasteiger partial charge in [-0.25, -0.2) is 4.98 Å². The highest BCUT2D eigenvalue weighted by atomic mass is 16.2. The van der Waals surface area contributed by atoms with Crippen molar-refractivity contribution in [3.05, 3.63) is 64.2 Å². The van der Waals surface area contributed by atoms with Crippen LogP contribution in [0.1, 0.15) is 67.7 Å². The van der Waals surface area contributed by atoms with Gasteiger partial charge in [0.25, 0.3) is 11.5 Å². The van der Waals surface area contributed by atoms with E-state index in [-0.39, 0.29) is 60.5 Å². The molecular weight excluding hydrogens is 540 g/mol. The fourth-order valence-electron chi connectivity index (χ4n) is 6.41. The molecule has 0 bridgehead atoms. The van der Waals surface area contributed by atoms with E-state index >= 15 is 0 Å². The van der Waals surface area contributed by atoms with Crippen molar-refractivity contribution in [2.75, 3.05) is 16.8 Å². The molecule has 3 aliphatic rings. The second-order valence-corrected chi connectivity index (χ2v) is 11.1. The van der Waals surface area contributed by atoms with Gasteiger partial charge in [0.2, 0.25) is 23.6 Å². The summed E-state index contributed by atoms with van der Waals surface area (Å²) in [7, 11) is 0. The highest BCUT2D eigenvalue weighted by molar-refractivity contribution is 6.10. The minimum Gasteiger partial charge on any atom is -0.325 e. The zero-order valence-corrected chi connectivity index (χ0v) is 23.3. The summed E-state index contributed by atoms with van der Waals surface area (Å²) in [5, 5.41) is 5.24. The van der Waals surface area contributed by atoms with Gasteiger partial charge >= 0.3 is 0 Å². The highest BCUT2D eigenvalue weighted by Crippen LogP contribution is 2.44. The molecule has 2 N–H and O–H groups in total. The quantitative estimate of drug-likeness (QED) is 0.432. The monoisotopic (exact) mass is 570 g/mol. The number of aryl methyl sites for hydroxylation is 1. The Morgan fingerprint density at radius 1 is 1.07 bits per heavy atom. The number of para-hydroxylation sites is 1. The van der Waals surface area contributed by atoms with Gasteiger partial charge < -0.3 is 10.2 Å². The lowest BCUT2D eigenvalue weighted by Gasteiger charge is -2.48. The molecule has 3 aromatic rings. The summed E-state index contributed by atoms with van der Waals surface area (Å²) in [4.78, 5) is 85.0. The number of imide groups is 1. The van der Waals surface area contributed by atoms with Crippen molar-refractivity contribution in [2.24, 2.45) is 0 Å². The molecule has 2 fully saturated rings. The summed E-state index contributed by atoms with van der Waals surface area (Å²) < 4.78 is 1.27. The van der Waals surface area contributed by atoms with E-state index in [0.717, 1.165) is 0 Å². The molecule has 12 nitrogen and oxygen atoms in total. The molecule has 0 spiro atoms. The molecule has 2 unspecified atom stereocenters. The summed E-state index contributed by atoms with van der Waals surface area (Å²) >= 11 is 0. The van der Waals surface area contributed by atoms with Crippen LogP contribution < -0.4 is 21.1 Å². The van der Waals surface area contributed by atoms with Gasteiger partial charge in [-0.15, -0.1) is 0 Å². The zero-order valence-electron chi connectivity index (χ0n) is 23.3. The van der Waals surface area contributed by atoms with Crippen LogP contribution in [0, 0.1) is 6.92 Å². The molecule has 0 radical (unpaired) electrons. The number of anilines is 2. The summed E-state index contributed by atoms with van der Waals surface area (Å²) in [5.74, 6) is -1.20. The Morgan fingerprint density at radius 3 is 2.64 bits per heavy atom. The average Bonchev–Trinajstić information content (AvgIpc) is 3.26. The number of rotatable bonds is 6. The smallest absolute Gasteiger partial charge is 0.264 e. The van der Waals surface area contributed by atoms with E-state index in [1.807, 2.05) is 13.0 Å². The lowest BCUT2D eigenvalue weighted by Crippen LogP contribution is -2.62. The van der Waals surface area contributed by atoms with Crippen LogP contribution in [0.2, 0.25) is 0 Å². The van der Waals surface area contributed by atoms with Crippen LogP contribution in [0.4, 0.5) is 11.4 Å². The molecule has 5 amide bonds. The lowest BCUT2D eigenvalue weighted by molar-refractivity contribution is -0.136. The summed E-state index contributed by atoms with van der Waals surface area (Å²) in [6.07, 6.45) is 1.51. The molecule has 0 saturated carbocycles. The third-order valence-corrected chi connectivity index (χ3v) is 8.43. The van der Waals surface area contributed by atoms with Gasteiger partial charge in [0, 0.05) is 25.8 Å². The van der Waals surface area contributed by atoms with E-state index in [4.69, 9.17) is 0 Å². The molecule has 0 aliphatic carbocycles. The number of carbonyl (C=O) groups is 5. The van der Waals surface area contributed by atoms with E-state index in [9.17, 15) is 28.8 Å². The number of hydrogen-bond acceptors (Lipinski definition) is 7. The molecule has 2 saturated heterocycles. The molecule has 4 heterocycles. The van der Waals surface area contributed by atoms with Crippen LogP contribution >= 0.6 is 0 Å². The van der Waals surface area contributed by atoms with Crippen LogP contribution in [0.15, 0.2) is 47.3 Å². The Kier molecular flexibility index (Phi) is 6.63. The maximum absolute atomic E-state index is 13.6. The van der Waals surface area contributed by atoms with Crippen molar-refractivity contribution >= 4 is 51.8 Å². The fraction of sp³-hybridized carbons (Fsp3) is 0.367. The Hall–Kier alpha value is -4.87.